The maximum atomic E-state index is 12.3. The van der Waals surface area contributed by atoms with Crippen molar-refractivity contribution >= 4 is 23.6 Å². The van der Waals surface area contributed by atoms with Crippen molar-refractivity contribution in [3.05, 3.63) is 83.3 Å². The van der Waals surface area contributed by atoms with Crippen LogP contribution in [0.2, 0.25) is 0 Å². The fourth-order valence-corrected chi connectivity index (χ4v) is 3.61. The predicted octanol–water partition coefficient (Wildman–Crippen LogP) is 4.03. The van der Waals surface area contributed by atoms with E-state index in [1.165, 1.54) is 6.26 Å². The van der Waals surface area contributed by atoms with Crippen LogP contribution in [0.1, 0.15) is 27.2 Å². The summed E-state index contributed by atoms with van der Waals surface area (Å²) in [6.45, 7) is 3.70. The highest BCUT2D eigenvalue weighted by Crippen LogP contribution is 2.24. The van der Waals surface area contributed by atoms with E-state index in [2.05, 4.69) is 10.9 Å². The van der Waals surface area contributed by atoms with Crippen LogP contribution in [0.25, 0.3) is 0 Å². The molecule has 0 saturated carbocycles. The second kappa shape index (κ2) is 9.84. The van der Waals surface area contributed by atoms with E-state index in [4.69, 9.17) is 9.15 Å². The highest BCUT2D eigenvalue weighted by molar-refractivity contribution is 7.98. The molecule has 0 aliphatic rings. The van der Waals surface area contributed by atoms with Gasteiger partial charge < -0.3 is 9.15 Å². The number of furan rings is 1. The van der Waals surface area contributed by atoms with Crippen molar-refractivity contribution < 1.29 is 18.7 Å². The Morgan fingerprint density at radius 1 is 1.00 bits per heavy atom. The number of ether oxygens (including phenoxy) is 1. The van der Waals surface area contributed by atoms with Crippen molar-refractivity contribution in [1.29, 1.82) is 0 Å². The first kappa shape index (κ1) is 20.5. The molecule has 0 aliphatic heterocycles. The summed E-state index contributed by atoms with van der Waals surface area (Å²) in [6.07, 6.45) is 1.46. The van der Waals surface area contributed by atoms with Gasteiger partial charge >= 0.3 is 5.91 Å². The second-order valence-corrected chi connectivity index (χ2v) is 7.54. The van der Waals surface area contributed by atoms with Crippen molar-refractivity contribution in [2.24, 2.45) is 0 Å². The number of nitrogens with one attached hydrogen (secondary N) is 2. The summed E-state index contributed by atoms with van der Waals surface area (Å²) < 4.78 is 10.8. The monoisotopic (exact) mass is 410 g/mol. The summed E-state index contributed by atoms with van der Waals surface area (Å²) in [5.74, 6) is 0.370. The zero-order valence-corrected chi connectivity index (χ0v) is 17.0. The molecule has 3 rings (SSSR count). The van der Waals surface area contributed by atoms with Gasteiger partial charge in [-0.05, 0) is 55.3 Å². The number of hydrogen-bond acceptors (Lipinski definition) is 5. The van der Waals surface area contributed by atoms with Crippen LogP contribution in [0.15, 0.2) is 70.2 Å². The molecule has 7 heteroatoms. The van der Waals surface area contributed by atoms with E-state index in [9.17, 15) is 9.59 Å². The second-order valence-electron chi connectivity index (χ2n) is 6.49. The normalized spacial score (nSPS) is 10.4. The third-order valence-corrected chi connectivity index (χ3v) is 5.03. The molecule has 1 aromatic heterocycles. The largest absolute Gasteiger partial charge is 0.484 e. The summed E-state index contributed by atoms with van der Waals surface area (Å²) in [5, 5.41) is 0. The van der Waals surface area contributed by atoms with Crippen LogP contribution in [-0.2, 0) is 10.5 Å². The van der Waals surface area contributed by atoms with Crippen molar-refractivity contribution in [2.75, 3.05) is 6.61 Å². The van der Waals surface area contributed by atoms with E-state index in [1.807, 2.05) is 62.4 Å². The molecule has 0 unspecified atom stereocenters. The first-order valence-electron chi connectivity index (χ1n) is 9.06. The van der Waals surface area contributed by atoms with Crippen molar-refractivity contribution in [3.8, 4) is 5.75 Å². The van der Waals surface area contributed by atoms with Gasteiger partial charge in [-0.1, -0.05) is 24.3 Å². The minimum absolute atomic E-state index is 0.170. The standard InChI is InChI=1S/C22H22N2O4S/c1-15-10-16(2)12-18(11-15)28-13-20(25)23-24-22(26)21-17(8-9-27-21)14-29-19-6-4-3-5-7-19/h3-12H,13-14H2,1-2H3,(H,23,25)(H,24,26). The molecule has 0 radical (unpaired) electrons. The summed E-state index contributed by atoms with van der Waals surface area (Å²) >= 11 is 1.59. The molecule has 0 atom stereocenters. The molecule has 2 N–H and O–H groups in total. The van der Waals surface area contributed by atoms with Gasteiger partial charge in [0.2, 0.25) is 0 Å². The van der Waals surface area contributed by atoms with Crippen LogP contribution in [0.4, 0.5) is 0 Å². The van der Waals surface area contributed by atoms with Gasteiger partial charge in [0.15, 0.2) is 12.4 Å². The minimum Gasteiger partial charge on any atom is -0.484 e. The third kappa shape index (κ3) is 6.15. The van der Waals surface area contributed by atoms with Gasteiger partial charge in [0.05, 0.1) is 6.26 Å². The fourth-order valence-electron chi connectivity index (χ4n) is 2.71. The SMILES string of the molecule is Cc1cc(C)cc(OCC(=O)NNC(=O)c2occc2CSc2ccccc2)c1. The smallest absolute Gasteiger partial charge is 0.305 e. The van der Waals surface area contributed by atoms with Gasteiger partial charge in [0, 0.05) is 16.2 Å². The first-order valence-corrected chi connectivity index (χ1v) is 10.0. The fraction of sp³-hybridized carbons (Fsp3) is 0.182. The predicted molar refractivity (Wildman–Crippen MR) is 112 cm³/mol. The summed E-state index contributed by atoms with van der Waals surface area (Å²) in [6, 6.07) is 17.3. The quantitative estimate of drug-likeness (QED) is 0.454. The molecule has 3 aromatic rings. The summed E-state index contributed by atoms with van der Waals surface area (Å²) in [5.41, 5.74) is 7.55. The highest BCUT2D eigenvalue weighted by Gasteiger charge is 2.16. The number of thioether (sulfide) groups is 1. The number of hydrazine groups is 1. The van der Waals surface area contributed by atoms with Crippen LogP contribution in [-0.4, -0.2) is 18.4 Å². The zero-order chi connectivity index (χ0) is 20.6. The Labute approximate surface area is 173 Å². The molecular weight excluding hydrogens is 388 g/mol. The molecule has 0 spiro atoms. The molecule has 0 saturated heterocycles. The summed E-state index contributed by atoms with van der Waals surface area (Å²) in [4.78, 5) is 25.4. The van der Waals surface area contributed by atoms with Crippen LogP contribution in [0.5, 0.6) is 5.75 Å². The zero-order valence-electron chi connectivity index (χ0n) is 16.2. The maximum Gasteiger partial charge on any atom is 0.305 e. The van der Waals surface area contributed by atoms with Gasteiger partial charge in [-0.2, -0.15) is 0 Å². The van der Waals surface area contributed by atoms with Gasteiger partial charge in [-0.3, -0.25) is 20.4 Å². The van der Waals surface area contributed by atoms with Crippen LogP contribution in [0.3, 0.4) is 0 Å². The van der Waals surface area contributed by atoms with E-state index < -0.39 is 11.8 Å². The van der Waals surface area contributed by atoms with Crippen LogP contribution < -0.4 is 15.6 Å². The Balaban J connectivity index is 1.48. The Hall–Kier alpha value is -3.19. The lowest BCUT2D eigenvalue weighted by Gasteiger charge is -2.10. The number of benzene rings is 2. The number of amides is 2. The molecule has 0 aliphatic carbocycles. The average Bonchev–Trinajstić information content (AvgIpc) is 3.18. The highest BCUT2D eigenvalue weighted by atomic mass is 32.2. The number of carbonyl (C=O) groups is 2. The van der Waals surface area contributed by atoms with Crippen molar-refractivity contribution in [1.82, 2.24) is 10.9 Å². The Bertz CT molecular complexity index is 965. The molecule has 150 valence electrons. The van der Waals surface area contributed by atoms with E-state index in [-0.39, 0.29) is 12.4 Å². The summed E-state index contributed by atoms with van der Waals surface area (Å²) in [7, 11) is 0. The van der Waals surface area contributed by atoms with E-state index in [0.29, 0.717) is 11.5 Å². The van der Waals surface area contributed by atoms with Crippen molar-refractivity contribution in [3.63, 3.8) is 0 Å². The molecule has 2 amide bonds. The average molecular weight is 410 g/mol. The van der Waals surface area contributed by atoms with Crippen molar-refractivity contribution in [2.45, 2.75) is 24.5 Å². The molecular formula is C22H22N2O4S. The maximum absolute atomic E-state index is 12.3. The Kier molecular flexibility index (Phi) is 6.97. The van der Waals surface area contributed by atoms with Crippen LogP contribution >= 0.6 is 11.8 Å². The van der Waals surface area contributed by atoms with Gasteiger partial charge in [0.25, 0.3) is 5.91 Å². The topological polar surface area (TPSA) is 80.6 Å². The van der Waals surface area contributed by atoms with E-state index >= 15 is 0 Å². The number of carbonyl (C=O) groups excluding carboxylic acids is 2. The number of hydrogen-bond donors (Lipinski definition) is 2. The first-order chi connectivity index (χ1) is 14.0. The molecule has 6 nitrogen and oxygen atoms in total. The van der Waals surface area contributed by atoms with E-state index in [0.717, 1.165) is 21.6 Å². The lowest BCUT2D eigenvalue weighted by molar-refractivity contribution is -0.123. The number of rotatable bonds is 7. The Morgan fingerprint density at radius 2 is 1.72 bits per heavy atom. The minimum atomic E-state index is -0.515. The number of aryl methyl sites for hydroxylation is 2. The van der Waals surface area contributed by atoms with Crippen LogP contribution in [0, 0.1) is 13.8 Å². The van der Waals surface area contributed by atoms with E-state index in [1.54, 1.807) is 17.8 Å². The van der Waals surface area contributed by atoms with Gasteiger partial charge in [-0.15, -0.1) is 11.8 Å². The molecule has 2 aromatic carbocycles. The van der Waals surface area contributed by atoms with Gasteiger partial charge in [-0.25, -0.2) is 0 Å². The Morgan fingerprint density at radius 3 is 2.45 bits per heavy atom. The molecule has 29 heavy (non-hydrogen) atoms. The molecule has 0 bridgehead atoms. The molecule has 1 heterocycles. The lowest BCUT2D eigenvalue weighted by atomic mass is 10.1. The molecule has 0 fully saturated rings. The third-order valence-electron chi connectivity index (χ3n) is 3.97. The van der Waals surface area contributed by atoms with Gasteiger partial charge in [0.1, 0.15) is 5.75 Å². The lowest BCUT2D eigenvalue weighted by Crippen LogP contribution is -2.44.